The van der Waals surface area contributed by atoms with E-state index in [2.05, 4.69) is 17.9 Å². The van der Waals surface area contributed by atoms with E-state index in [1.54, 1.807) is 12.1 Å². The van der Waals surface area contributed by atoms with E-state index in [9.17, 15) is 9.18 Å². The normalized spacial score (nSPS) is 9.21. The van der Waals surface area contributed by atoms with Crippen molar-refractivity contribution in [1.29, 1.82) is 5.26 Å². The summed E-state index contributed by atoms with van der Waals surface area (Å²) in [5.74, 6) is -1.10. The highest BCUT2D eigenvalue weighted by molar-refractivity contribution is 7.80. The molecule has 0 saturated heterocycles. The molecule has 0 aliphatic carbocycles. The minimum absolute atomic E-state index is 0.0584. The maximum atomic E-state index is 13.1. The zero-order valence-electron chi connectivity index (χ0n) is 7.12. The molecule has 0 spiro atoms. The molecule has 0 unspecified atom stereocenters. The third-order valence-corrected chi connectivity index (χ3v) is 1.74. The molecule has 0 heterocycles. The van der Waals surface area contributed by atoms with Gasteiger partial charge in [-0.3, -0.25) is 4.79 Å². The summed E-state index contributed by atoms with van der Waals surface area (Å²) in [5.41, 5.74) is 0.0584. The van der Waals surface area contributed by atoms with Crippen LogP contribution in [-0.4, -0.2) is 5.91 Å². The fourth-order valence-corrected chi connectivity index (χ4v) is 1.06. The smallest absolute Gasteiger partial charge is 0.238 e. The molecule has 0 aliphatic rings. The predicted octanol–water partition coefficient (Wildman–Crippen LogP) is 1.97. The molecule has 5 heteroatoms. The van der Waals surface area contributed by atoms with Crippen LogP contribution in [0.5, 0.6) is 0 Å². The van der Waals surface area contributed by atoms with Gasteiger partial charge in [-0.25, -0.2) is 4.39 Å². The van der Waals surface area contributed by atoms with Crippen molar-refractivity contribution in [1.82, 2.24) is 0 Å². The Morgan fingerprint density at radius 3 is 2.93 bits per heavy atom. The van der Waals surface area contributed by atoms with Gasteiger partial charge in [0.15, 0.2) is 0 Å². The molecule has 0 bridgehead atoms. The van der Waals surface area contributed by atoms with Gasteiger partial charge in [-0.05, 0) is 18.2 Å². The molecule has 3 nitrogen and oxygen atoms in total. The van der Waals surface area contributed by atoms with Gasteiger partial charge < -0.3 is 5.32 Å². The van der Waals surface area contributed by atoms with Gasteiger partial charge >= 0.3 is 0 Å². The topological polar surface area (TPSA) is 52.9 Å². The molecule has 0 atom stereocenters. The third-order valence-electron chi connectivity index (χ3n) is 1.47. The summed E-state index contributed by atoms with van der Waals surface area (Å²) in [4.78, 5) is 11.4. The number of nitriles is 1. The van der Waals surface area contributed by atoms with Crippen LogP contribution >= 0.6 is 12.6 Å². The number of benzene rings is 1. The van der Waals surface area contributed by atoms with E-state index in [1.165, 1.54) is 12.1 Å². The van der Waals surface area contributed by atoms with E-state index >= 15 is 0 Å². The van der Waals surface area contributed by atoms with Crippen LogP contribution in [0.4, 0.5) is 10.1 Å². The zero-order valence-corrected chi connectivity index (χ0v) is 8.01. The first kappa shape index (κ1) is 10.5. The lowest BCUT2D eigenvalue weighted by molar-refractivity contribution is -0.115. The van der Waals surface area contributed by atoms with Crippen molar-refractivity contribution in [2.75, 3.05) is 5.32 Å². The number of carbonyl (C=O) groups excluding carboxylic acids is 1. The average molecular weight is 210 g/mol. The summed E-state index contributed by atoms with van der Waals surface area (Å²) < 4.78 is 13.1. The van der Waals surface area contributed by atoms with E-state index in [1.807, 2.05) is 0 Å². The highest BCUT2D eigenvalue weighted by Crippen LogP contribution is 2.17. The van der Waals surface area contributed by atoms with Crippen molar-refractivity contribution in [2.24, 2.45) is 0 Å². The van der Waals surface area contributed by atoms with Crippen LogP contribution in [0.15, 0.2) is 23.1 Å². The Hall–Kier alpha value is -1.54. The van der Waals surface area contributed by atoms with Gasteiger partial charge in [0.2, 0.25) is 5.91 Å². The van der Waals surface area contributed by atoms with Crippen LogP contribution in [-0.2, 0) is 4.79 Å². The summed E-state index contributed by atoms with van der Waals surface area (Å²) in [6.07, 6.45) is -0.290. The molecule has 1 amide bonds. The van der Waals surface area contributed by atoms with Crippen LogP contribution in [0.25, 0.3) is 0 Å². The maximum absolute atomic E-state index is 13.1. The second kappa shape index (κ2) is 4.63. The second-order valence-electron chi connectivity index (χ2n) is 2.55. The third kappa shape index (κ3) is 2.75. The van der Waals surface area contributed by atoms with Crippen molar-refractivity contribution in [3.05, 3.63) is 24.0 Å². The molecular formula is C9H7FN2OS. The minimum Gasteiger partial charge on any atom is -0.323 e. The first-order valence-corrected chi connectivity index (χ1v) is 4.23. The molecule has 1 aromatic carbocycles. The SMILES string of the molecule is N#CCC(=O)Nc1ccc(S)cc1F. The number of thiol groups is 1. The first-order chi connectivity index (χ1) is 6.63. The van der Waals surface area contributed by atoms with Gasteiger partial charge in [-0.2, -0.15) is 5.26 Å². The number of hydrogen-bond acceptors (Lipinski definition) is 3. The second-order valence-corrected chi connectivity index (χ2v) is 3.06. The minimum atomic E-state index is -0.566. The number of halogens is 1. The number of nitrogens with zero attached hydrogens (tertiary/aromatic N) is 1. The standard InChI is InChI=1S/C9H7FN2OS/c10-7-5-6(14)1-2-8(7)12-9(13)3-4-11/h1-2,5,14H,3H2,(H,12,13). The van der Waals surface area contributed by atoms with Crippen molar-refractivity contribution < 1.29 is 9.18 Å². The summed E-state index contributed by atoms with van der Waals surface area (Å²) >= 11 is 3.93. The monoisotopic (exact) mass is 210 g/mol. The van der Waals surface area contributed by atoms with Crippen LogP contribution < -0.4 is 5.32 Å². The summed E-state index contributed by atoms with van der Waals surface area (Å²) in [7, 11) is 0. The van der Waals surface area contributed by atoms with E-state index in [0.717, 1.165) is 0 Å². The Balaban J connectivity index is 2.78. The van der Waals surface area contributed by atoms with Crippen molar-refractivity contribution >= 4 is 24.2 Å². The first-order valence-electron chi connectivity index (χ1n) is 3.79. The van der Waals surface area contributed by atoms with Crippen LogP contribution in [0.3, 0.4) is 0 Å². The maximum Gasteiger partial charge on any atom is 0.238 e. The Kier molecular flexibility index (Phi) is 3.48. The Bertz CT molecular complexity index is 400. The van der Waals surface area contributed by atoms with Crippen LogP contribution in [0.2, 0.25) is 0 Å². The molecule has 0 aliphatic heterocycles. The predicted molar refractivity (Wildman–Crippen MR) is 52.5 cm³/mol. The average Bonchev–Trinajstić information content (AvgIpc) is 2.10. The van der Waals surface area contributed by atoms with Crippen molar-refractivity contribution in [2.45, 2.75) is 11.3 Å². The number of hydrogen-bond donors (Lipinski definition) is 2. The largest absolute Gasteiger partial charge is 0.323 e. The number of nitrogens with one attached hydrogen (secondary N) is 1. The van der Waals surface area contributed by atoms with Gasteiger partial charge in [0.05, 0.1) is 11.8 Å². The fourth-order valence-electron chi connectivity index (χ4n) is 0.872. The summed E-state index contributed by atoms with van der Waals surface area (Å²) in [6, 6.07) is 5.80. The highest BCUT2D eigenvalue weighted by atomic mass is 32.1. The summed E-state index contributed by atoms with van der Waals surface area (Å²) in [5, 5.41) is 10.5. The molecule has 1 N–H and O–H groups in total. The molecule has 0 fully saturated rings. The molecule has 0 radical (unpaired) electrons. The number of carbonyl (C=O) groups is 1. The van der Waals surface area contributed by atoms with Crippen LogP contribution in [0, 0.1) is 17.1 Å². The van der Waals surface area contributed by atoms with Crippen molar-refractivity contribution in [3.8, 4) is 6.07 Å². The van der Waals surface area contributed by atoms with Gasteiger partial charge in [0.25, 0.3) is 0 Å². The van der Waals surface area contributed by atoms with E-state index in [0.29, 0.717) is 4.90 Å². The van der Waals surface area contributed by atoms with Gasteiger partial charge in [0.1, 0.15) is 12.2 Å². The van der Waals surface area contributed by atoms with E-state index < -0.39 is 11.7 Å². The Morgan fingerprint density at radius 1 is 1.64 bits per heavy atom. The molecule has 1 rings (SSSR count). The van der Waals surface area contributed by atoms with Crippen molar-refractivity contribution in [3.63, 3.8) is 0 Å². The quantitative estimate of drug-likeness (QED) is 0.733. The molecule has 0 aromatic heterocycles. The molecular weight excluding hydrogens is 203 g/mol. The lowest BCUT2D eigenvalue weighted by Gasteiger charge is -2.04. The highest BCUT2D eigenvalue weighted by Gasteiger charge is 2.05. The van der Waals surface area contributed by atoms with E-state index in [4.69, 9.17) is 5.26 Å². The van der Waals surface area contributed by atoms with Crippen LogP contribution in [0.1, 0.15) is 6.42 Å². The zero-order chi connectivity index (χ0) is 10.6. The van der Waals surface area contributed by atoms with Gasteiger partial charge in [-0.15, -0.1) is 12.6 Å². The molecule has 14 heavy (non-hydrogen) atoms. The fraction of sp³-hybridized carbons (Fsp3) is 0.111. The number of rotatable bonds is 2. The molecule has 72 valence electrons. The Labute approximate surface area is 86.0 Å². The lowest BCUT2D eigenvalue weighted by Crippen LogP contribution is -2.11. The van der Waals surface area contributed by atoms with Gasteiger partial charge in [-0.1, -0.05) is 0 Å². The molecule has 1 aromatic rings. The summed E-state index contributed by atoms with van der Waals surface area (Å²) in [6.45, 7) is 0. The number of amides is 1. The van der Waals surface area contributed by atoms with Gasteiger partial charge in [0, 0.05) is 4.90 Å². The van der Waals surface area contributed by atoms with E-state index in [-0.39, 0.29) is 12.1 Å². The Morgan fingerprint density at radius 2 is 2.36 bits per heavy atom. The molecule has 0 saturated carbocycles. The lowest BCUT2D eigenvalue weighted by atomic mass is 10.3. The number of anilines is 1.